The van der Waals surface area contributed by atoms with Crippen molar-refractivity contribution in [2.75, 3.05) is 37.6 Å². The molecule has 9 heteroatoms. The maximum absolute atomic E-state index is 13.1. The summed E-state index contributed by atoms with van der Waals surface area (Å²) in [5, 5.41) is 0.764. The Bertz CT molecular complexity index is 879. The molecule has 0 N–H and O–H groups in total. The van der Waals surface area contributed by atoms with E-state index in [4.69, 9.17) is 0 Å². The molecule has 7 nitrogen and oxygen atoms in total. The molecule has 154 valence electrons. The molecule has 2 aliphatic heterocycles. The van der Waals surface area contributed by atoms with Gasteiger partial charge in [-0.25, -0.2) is 9.37 Å². The second kappa shape index (κ2) is 8.44. The molecule has 0 spiro atoms. The summed E-state index contributed by atoms with van der Waals surface area (Å²) < 4.78 is 17.5. The minimum Gasteiger partial charge on any atom is -0.339 e. The van der Waals surface area contributed by atoms with Gasteiger partial charge in [0.25, 0.3) is 0 Å². The van der Waals surface area contributed by atoms with Gasteiger partial charge in [-0.15, -0.1) is 0 Å². The molecule has 1 aromatic carbocycles. The molecule has 0 saturated carbocycles. The van der Waals surface area contributed by atoms with Gasteiger partial charge in [-0.3, -0.25) is 9.59 Å². The van der Waals surface area contributed by atoms with Gasteiger partial charge < -0.3 is 14.7 Å². The highest BCUT2D eigenvalue weighted by molar-refractivity contribution is 7.09. The second-order valence-electron chi connectivity index (χ2n) is 7.48. The van der Waals surface area contributed by atoms with Crippen molar-refractivity contribution in [3.63, 3.8) is 0 Å². The minimum absolute atomic E-state index is 0.0575. The van der Waals surface area contributed by atoms with Gasteiger partial charge in [-0.2, -0.15) is 4.37 Å². The number of halogens is 1. The Morgan fingerprint density at radius 2 is 1.79 bits per heavy atom. The molecule has 0 aliphatic carbocycles. The number of hydrogen-bond acceptors (Lipinski definition) is 6. The highest BCUT2D eigenvalue weighted by atomic mass is 32.1. The quantitative estimate of drug-likeness (QED) is 0.760. The molecule has 2 saturated heterocycles. The largest absolute Gasteiger partial charge is 0.339 e. The van der Waals surface area contributed by atoms with Gasteiger partial charge in [0.15, 0.2) is 0 Å². The van der Waals surface area contributed by atoms with E-state index in [9.17, 15) is 14.0 Å². The van der Waals surface area contributed by atoms with Crippen LogP contribution in [-0.4, -0.2) is 69.7 Å². The maximum atomic E-state index is 13.1. The molecular weight excluding hydrogens is 393 g/mol. The van der Waals surface area contributed by atoms with Crippen LogP contribution in [0, 0.1) is 5.82 Å². The Balaban J connectivity index is 1.41. The van der Waals surface area contributed by atoms with E-state index in [0.717, 1.165) is 30.1 Å². The van der Waals surface area contributed by atoms with Crippen LogP contribution in [0.5, 0.6) is 0 Å². The summed E-state index contributed by atoms with van der Waals surface area (Å²) in [6.07, 6.45) is 2.28. The smallest absolute Gasteiger partial charge is 0.245 e. The zero-order valence-electron chi connectivity index (χ0n) is 16.4. The van der Waals surface area contributed by atoms with Crippen LogP contribution in [-0.2, 0) is 16.0 Å². The number of amides is 2. The third-order valence-corrected chi connectivity index (χ3v) is 6.34. The molecule has 1 unspecified atom stereocenters. The van der Waals surface area contributed by atoms with Crippen molar-refractivity contribution >= 4 is 28.5 Å². The number of aromatic nitrogens is 2. The van der Waals surface area contributed by atoms with Crippen molar-refractivity contribution in [2.45, 2.75) is 32.2 Å². The van der Waals surface area contributed by atoms with E-state index in [2.05, 4.69) is 14.3 Å². The maximum Gasteiger partial charge on any atom is 0.245 e. The molecule has 2 amide bonds. The van der Waals surface area contributed by atoms with Crippen LogP contribution < -0.4 is 4.90 Å². The average molecular weight is 418 g/mol. The lowest BCUT2D eigenvalue weighted by Gasteiger charge is -2.36. The van der Waals surface area contributed by atoms with Crippen molar-refractivity contribution in [3.8, 4) is 0 Å². The summed E-state index contributed by atoms with van der Waals surface area (Å²) in [4.78, 5) is 34.9. The second-order valence-corrected chi connectivity index (χ2v) is 8.21. The van der Waals surface area contributed by atoms with Gasteiger partial charge in [0, 0.05) is 57.6 Å². The van der Waals surface area contributed by atoms with Crippen molar-refractivity contribution in [3.05, 3.63) is 41.5 Å². The van der Waals surface area contributed by atoms with Crippen LogP contribution >= 0.6 is 11.5 Å². The monoisotopic (exact) mass is 417 g/mol. The highest BCUT2D eigenvalue weighted by Crippen LogP contribution is 2.29. The summed E-state index contributed by atoms with van der Waals surface area (Å²) in [5.41, 5.74) is 0.952. The number of rotatable bonds is 4. The standard InChI is InChI=1S/C20H24FN5O2S/c1-14(27)24-9-11-25(12-10-24)19(28)17-3-2-8-26(17)20-22-18(23-29-20)13-15-4-6-16(21)7-5-15/h4-7,17H,2-3,8-13H2,1H3. The first kappa shape index (κ1) is 19.8. The number of hydrogen-bond donors (Lipinski definition) is 0. The normalized spacial score (nSPS) is 19.7. The molecule has 4 rings (SSSR count). The minimum atomic E-state index is -0.261. The van der Waals surface area contributed by atoms with Gasteiger partial charge >= 0.3 is 0 Å². The van der Waals surface area contributed by atoms with Crippen molar-refractivity contribution in [1.29, 1.82) is 0 Å². The average Bonchev–Trinajstić information content (AvgIpc) is 3.38. The van der Waals surface area contributed by atoms with E-state index in [0.29, 0.717) is 38.4 Å². The third-order valence-electron chi connectivity index (χ3n) is 5.55. The lowest BCUT2D eigenvalue weighted by molar-refractivity contribution is -0.139. The Kier molecular flexibility index (Phi) is 5.75. The number of anilines is 1. The number of carbonyl (C=O) groups excluding carboxylic acids is 2. The predicted octanol–water partition coefficient (Wildman–Crippen LogP) is 1.93. The van der Waals surface area contributed by atoms with Gasteiger partial charge in [-0.1, -0.05) is 12.1 Å². The Hall–Kier alpha value is -2.55. The number of nitrogens with zero attached hydrogens (tertiary/aromatic N) is 5. The molecule has 1 aromatic heterocycles. The van der Waals surface area contributed by atoms with Gasteiger partial charge in [-0.05, 0) is 30.5 Å². The molecule has 2 aromatic rings. The number of carbonyl (C=O) groups is 2. The van der Waals surface area contributed by atoms with E-state index in [-0.39, 0.29) is 23.7 Å². The van der Waals surface area contributed by atoms with Crippen LogP contribution in [0.25, 0.3) is 0 Å². The van der Waals surface area contributed by atoms with Crippen molar-refractivity contribution < 1.29 is 14.0 Å². The summed E-state index contributed by atoms with van der Waals surface area (Å²) in [6.45, 7) is 4.69. The molecule has 29 heavy (non-hydrogen) atoms. The fourth-order valence-electron chi connectivity index (χ4n) is 3.92. The predicted molar refractivity (Wildman–Crippen MR) is 108 cm³/mol. The first-order valence-corrected chi connectivity index (χ1v) is 10.7. The SMILES string of the molecule is CC(=O)N1CCN(C(=O)C2CCCN2c2nc(Cc3ccc(F)cc3)ns2)CC1. The Morgan fingerprint density at radius 3 is 2.48 bits per heavy atom. The lowest BCUT2D eigenvalue weighted by Crippen LogP contribution is -2.54. The van der Waals surface area contributed by atoms with E-state index < -0.39 is 0 Å². The Labute approximate surface area is 173 Å². The van der Waals surface area contributed by atoms with Crippen LogP contribution in [0.1, 0.15) is 31.2 Å². The molecule has 0 radical (unpaired) electrons. The topological polar surface area (TPSA) is 69.6 Å². The first-order valence-electron chi connectivity index (χ1n) is 9.89. The molecule has 2 fully saturated rings. The zero-order chi connectivity index (χ0) is 20.4. The summed E-state index contributed by atoms with van der Waals surface area (Å²) in [5.74, 6) is 0.594. The third kappa shape index (κ3) is 4.39. The van der Waals surface area contributed by atoms with Crippen LogP contribution in [0.4, 0.5) is 9.52 Å². The molecular formula is C20H24FN5O2S. The summed E-state index contributed by atoms with van der Waals surface area (Å²) in [6, 6.07) is 6.12. The summed E-state index contributed by atoms with van der Waals surface area (Å²) in [7, 11) is 0. The number of piperazine rings is 1. The van der Waals surface area contributed by atoms with Crippen LogP contribution in [0.2, 0.25) is 0 Å². The fraction of sp³-hybridized carbons (Fsp3) is 0.500. The highest BCUT2D eigenvalue weighted by Gasteiger charge is 2.36. The molecule has 0 bridgehead atoms. The zero-order valence-corrected chi connectivity index (χ0v) is 17.2. The van der Waals surface area contributed by atoms with E-state index in [1.54, 1.807) is 24.0 Å². The summed E-state index contributed by atoms with van der Waals surface area (Å²) >= 11 is 1.31. The van der Waals surface area contributed by atoms with E-state index in [1.807, 2.05) is 4.90 Å². The first-order chi connectivity index (χ1) is 14.0. The molecule has 2 aliphatic rings. The van der Waals surface area contributed by atoms with Crippen LogP contribution in [0.15, 0.2) is 24.3 Å². The van der Waals surface area contributed by atoms with Crippen LogP contribution in [0.3, 0.4) is 0 Å². The van der Waals surface area contributed by atoms with E-state index in [1.165, 1.54) is 23.7 Å². The van der Waals surface area contributed by atoms with Gasteiger partial charge in [0.2, 0.25) is 16.9 Å². The van der Waals surface area contributed by atoms with Crippen molar-refractivity contribution in [1.82, 2.24) is 19.2 Å². The Morgan fingerprint density at radius 1 is 1.10 bits per heavy atom. The molecule has 3 heterocycles. The molecule has 1 atom stereocenters. The number of benzene rings is 1. The lowest BCUT2D eigenvalue weighted by atomic mass is 10.1. The fourth-order valence-corrected chi connectivity index (χ4v) is 4.68. The van der Waals surface area contributed by atoms with E-state index >= 15 is 0 Å². The van der Waals surface area contributed by atoms with Crippen molar-refractivity contribution in [2.24, 2.45) is 0 Å². The van der Waals surface area contributed by atoms with Gasteiger partial charge in [0.05, 0.1) is 0 Å². The van der Waals surface area contributed by atoms with Gasteiger partial charge in [0.1, 0.15) is 17.7 Å².